The van der Waals surface area contributed by atoms with Gasteiger partial charge in [-0.2, -0.15) is 0 Å². The molecule has 1 amide bonds. The zero-order valence-corrected chi connectivity index (χ0v) is 16.9. The third-order valence-electron chi connectivity index (χ3n) is 5.95. The third-order valence-corrected chi connectivity index (χ3v) is 7.08. The first kappa shape index (κ1) is 18.4. The van der Waals surface area contributed by atoms with Crippen LogP contribution in [0.3, 0.4) is 0 Å². The summed E-state index contributed by atoms with van der Waals surface area (Å²) in [7, 11) is 0. The molecule has 27 heavy (non-hydrogen) atoms. The van der Waals surface area contributed by atoms with E-state index < -0.39 is 0 Å². The highest BCUT2D eigenvalue weighted by molar-refractivity contribution is 7.15. The molecule has 2 fully saturated rings. The molecule has 5 nitrogen and oxygen atoms in total. The number of hydrogen-bond donors (Lipinski definition) is 0. The van der Waals surface area contributed by atoms with Crippen LogP contribution in [-0.4, -0.2) is 47.2 Å². The van der Waals surface area contributed by atoms with Gasteiger partial charge in [0.05, 0.1) is 0 Å². The number of hydrogen-bond acceptors (Lipinski definition) is 5. The lowest BCUT2D eigenvalue weighted by molar-refractivity contribution is -0.137. The number of carbonyl (C=O) groups excluding carboxylic acids is 1. The van der Waals surface area contributed by atoms with Crippen molar-refractivity contribution in [3.8, 4) is 0 Å². The number of nitrogens with zero attached hydrogens (tertiary/aromatic N) is 4. The molecule has 0 bridgehead atoms. The maximum Gasteiger partial charge on any atom is 0.222 e. The molecular formula is C21H28N4OS. The lowest BCUT2D eigenvalue weighted by Crippen LogP contribution is -2.54. The van der Waals surface area contributed by atoms with Crippen molar-refractivity contribution in [2.24, 2.45) is 5.41 Å². The Kier molecular flexibility index (Phi) is 5.43. The Labute approximate surface area is 165 Å². The maximum absolute atomic E-state index is 12.5. The second-order valence-electron chi connectivity index (χ2n) is 7.91. The highest BCUT2D eigenvalue weighted by Crippen LogP contribution is 2.40. The van der Waals surface area contributed by atoms with E-state index in [4.69, 9.17) is 0 Å². The number of likely N-dealkylation sites (tertiary alicyclic amines) is 1. The SMILES string of the molecule is CCc1nnc(N2CCCC3(CCC(=O)N(CCc4ccccc4)C3)C2)s1. The van der Waals surface area contributed by atoms with Crippen molar-refractivity contribution in [2.45, 2.75) is 45.4 Å². The van der Waals surface area contributed by atoms with Crippen molar-refractivity contribution >= 4 is 22.4 Å². The van der Waals surface area contributed by atoms with Crippen LogP contribution in [0.1, 0.15) is 43.2 Å². The smallest absolute Gasteiger partial charge is 0.222 e. The van der Waals surface area contributed by atoms with Gasteiger partial charge in [-0.3, -0.25) is 4.79 Å². The van der Waals surface area contributed by atoms with E-state index in [1.54, 1.807) is 11.3 Å². The fourth-order valence-electron chi connectivity index (χ4n) is 4.43. The van der Waals surface area contributed by atoms with E-state index in [2.05, 4.69) is 51.2 Å². The zero-order valence-electron chi connectivity index (χ0n) is 16.1. The molecule has 4 rings (SSSR count). The number of aromatic nitrogens is 2. The van der Waals surface area contributed by atoms with Crippen molar-refractivity contribution in [1.82, 2.24) is 15.1 Å². The van der Waals surface area contributed by atoms with Gasteiger partial charge in [-0.1, -0.05) is 48.6 Å². The topological polar surface area (TPSA) is 49.3 Å². The molecule has 1 spiro atoms. The van der Waals surface area contributed by atoms with Gasteiger partial charge < -0.3 is 9.80 Å². The standard InChI is InChI=1S/C21H28N4OS/c1-2-18-22-23-20(27-18)25-13-6-11-21(16-25)12-9-19(26)24(15-21)14-10-17-7-4-3-5-8-17/h3-5,7-8H,2,6,9-16H2,1H3. The highest BCUT2D eigenvalue weighted by Gasteiger charge is 2.42. The van der Waals surface area contributed by atoms with Crippen LogP contribution in [0.4, 0.5) is 5.13 Å². The summed E-state index contributed by atoms with van der Waals surface area (Å²) in [5, 5.41) is 10.9. The average molecular weight is 385 g/mol. The fourth-order valence-corrected chi connectivity index (χ4v) is 5.24. The molecule has 3 heterocycles. The largest absolute Gasteiger partial charge is 0.346 e. The predicted molar refractivity (Wildman–Crippen MR) is 109 cm³/mol. The molecular weight excluding hydrogens is 356 g/mol. The second kappa shape index (κ2) is 7.97. The Morgan fingerprint density at radius 3 is 2.78 bits per heavy atom. The van der Waals surface area contributed by atoms with Crippen LogP contribution in [0.25, 0.3) is 0 Å². The van der Waals surface area contributed by atoms with E-state index in [1.165, 1.54) is 18.4 Å². The van der Waals surface area contributed by atoms with Crippen molar-refractivity contribution in [2.75, 3.05) is 31.1 Å². The number of aryl methyl sites for hydroxylation is 1. The highest BCUT2D eigenvalue weighted by atomic mass is 32.1. The molecule has 1 unspecified atom stereocenters. The molecule has 2 aromatic rings. The summed E-state index contributed by atoms with van der Waals surface area (Å²) in [6.07, 6.45) is 5.93. The van der Waals surface area contributed by atoms with Gasteiger partial charge in [0, 0.05) is 38.0 Å². The van der Waals surface area contributed by atoms with Gasteiger partial charge in [0.1, 0.15) is 5.01 Å². The first-order valence-electron chi connectivity index (χ1n) is 10.1. The predicted octanol–water partition coefficient (Wildman–Crippen LogP) is 3.55. The summed E-state index contributed by atoms with van der Waals surface area (Å²) in [4.78, 5) is 17.0. The Hall–Kier alpha value is -1.95. The van der Waals surface area contributed by atoms with Gasteiger partial charge in [0.15, 0.2) is 0 Å². The molecule has 2 aliphatic heterocycles. The summed E-state index contributed by atoms with van der Waals surface area (Å²) in [6.45, 7) is 5.88. The normalized spacial score (nSPS) is 23.2. The van der Waals surface area contributed by atoms with E-state index in [-0.39, 0.29) is 5.41 Å². The molecule has 2 aliphatic rings. The van der Waals surface area contributed by atoms with Crippen molar-refractivity contribution in [3.05, 3.63) is 40.9 Å². The van der Waals surface area contributed by atoms with Crippen LogP contribution in [0.5, 0.6) is 0 Å². The van der Waals surface area contributed by atoms with Gasteiger partial charge >= 0.3 is 0 Å². The van der Waals surface area contributed by atoms with Crippen LogP contribution in [0.15, 0.2) is 30.3 Å². The fraction of sp³-hybridized carbons (Fsp3) is 0.571. The molecule has 0 aliphatic carbocycles. The van der Waals surface area contributed by atoms with Crippen molar-refractivity contribution < 1.29 is 4.79 Å². The Bertz CT molecular complexity index is 777. The summed E-state index contributed by atoms with van der Waals surface area (Å²) in [5.41, 5.74) is 1.51. The summed E-state index contributed by atoms with van der Waals surface area (Å²) in [5.74, 6) is 0.317. The maximum atomic E-state index is 12.5. The van der Waals surface area contributed by atoms with Gasteiger partial charge in [-0.25, -0.2) is 0 Å². The zero-order chi connectivity index (χ0) is 18.7. The molecule has 6 heteroatoms. The lowest BCUT2D eigenvalue weighted by Gasteiger charge is -2.48. The van der Waals surface area contributed by atoms with E-state index in [1.807, 2.05) is 6.07 Å². The summed E-state index contributed by atoms with van der Waals surface area (Å²) >= 11 is 1.72. The molecule has 0 N–H and O–H groups in total. The monoisotopic (exact) mass is 384 g/mol. The minimum atomic E-state index is 0.209. The van der Waals surface area contributed by atoms with Crippen molar-refractivity contribution in [1.29, 1.82) is 0 Å². The van der Waals surface area contributed by atoms with E-state index in [0.29, 0.717) is 12.3 Å². The Morgan fingerprint density at radius 2 is 2.00 bits per heavy atom. The minimum absolute atomic E-state index is 0.209. The molecule has 0 saturated carbocycles. The third kappa shape index (κ3) is 4.15. The van der Waals surface area contributed by atoms with E-state index in [9.17, 15) is 4.79 Å². The first-order valence-corrected chi connectivity index (χ1v) is 10.9. The quantitative estimate of drug-likeness (QED) is 0.791. The number of carbonyl (C=O) groups is 1. The van der Waals surface area contributed by atoms with Gasteiger partial charge in [0.2, 0.25) is 11.0 Å². The van der Waals surface area contributed by atoms with Crippen LogP contribution >= 0.6 is 11.3 Å². The summed E-state index contributed by atoms with van der Waals surface area (Å²) < 4.78 is 0. The molecule has 144 valence electrons. The number of piperidine rings is 2. The van der Waals surface area contributed by atoms with Crippen LogP contribution in [0, 0.1) is 5.41 Å². The number of rotatable bonds is 5. The van der Waals surface area contributed by atoms with Gasteiger partial charge in [0.25, 0.3) is 0 Å². The number of benzene rings is 1. The molecule has 0 radical (unpaired) electrons. The second-order valence-corrected chi connectivity index (χ2v) is 8.95. The van der Waals surface area contributed by atoms with Crippen LogP contribution in [0.2, 0.25) is 0 Å². The van der Waals surface area contributed by atoms with E-state index in [0.717, 1.165) is 55.6 Å². The molecule has 2 saturated heterocycles. The van der Waals surface area contributed by atoms with Crippen LogP contribution < -0.4 is 4.90 Å². The lowest BCUT2D eigenvalue weighted by atomic mass is 9.73. The number of amides is 1. The minimum Gasteiger partial charge on any atom is -0.346 e. The van der Waals surface area contributed by atoms with Gasteiger partial charge in [-0.05, 0) is 37.7 Å². The first-order chi connectivity index (χ1) is 13.2. The Morgan fingerprint density at radius 1 is 1.15 bits per heavy atom. The average Bonchev–Trinajstić information content (AvgIpc) is 3.19. The van der Waals surface area contributed by atoms with Crippen LogP contribution in [-0.2, 0) is 17.6 Å². The molecule has 1 atom stereocenters. The Balaban J connectivity index is 1.43. The number of anilines is 1. The van der Waals surface area contributed by atoms with E-state index >= 15 is 0 Å². The van der Waals surface area contributed by atoms with Gasteiger partial charge in [-0.15, -0.1) is 10.2 Å². The molecule has 1 aromatic heterocycles. The molecule has 1 aromatic carbocycles. The van der Waals surface area contributed by atoms with Crippen molar-refractivity contribution in [3.63, 3.8) is 0 Å². The summed E-state index contributed by atoms with van der Waals surface area (Å²) in [6, 6.07) is 10.5.